The molecule has 0 unspecified atom stereocenters. The third-order valence-electron chi connectivity index (χ3n) is 4.78. The number of carbonyl (C=O) groups excluding carboxylic acids is 1. The zero-order valence-corrected chi connectivity index (χ0v) is 13.8. The first-order valence-corrected chi connectivity index (χ1v) is 8.29. The summed E-state index contributed by atoms with van der Waals surface area (Å²) < 4.78 is 10.6. The van der Waals surface area contributed by atoms with Crippen molar-refractivity contribution in [3.8, 4) is 5.75 Å². The minimum absolute atomic E-state index is 0.148. The molecule has 1 aromatic carbocycles. The third kappa shape index (κ3) is 3.07. The summed E-state index contributed by atoms with van der Waals surface area (Å²) in [5.41, 5.74) is 4.47. The fourth-order valence-electron chi connectivity index (χ4n) is 3.37. The van der Waals surface area contributed by atoms with E-state index >= 15 is 0 Å². The summed E-state index contributed by atoms with van der Waals surface area (Å²) in [7, 11) is 0. The molecule has 4 rings (SSSR count). The highest BCUT2D eigenvalue weighted by molar-refractivity contribution is 5.95. The van der Waals surface area contributed by atoms with Gasteiger partial charge >= 0.3 is 5.63 Å². The Morgan fingerprint density at radius 3 is 3.12 bits per heavy atom. The second kappa shape index (κ2) is 6.20. The molecule has 2 aromatic rings. The van der Waals surface area contributed by atoms with Crippen LogP contribution in [0, 0.1) is 18.8 Å². The molecule has 1 N–H and O–H groups in total. The quantitative estimate of drug-likeness (QED) is 0.528. The summed E-state index contributed by atoms with van der Waals surface area (Å²) in [4.78, 5) is 23.3. The molecule has 1 aromatic heterocycles. The van der Waals surface area contributed by atoms with E-state index in [2.05, 4.69) is 22.7 Å². The Hall–Kier alpha value is -2.89. The van der Waals surface area contributed by atoms with Gasteiger partial charge in [-0.05, 0) is 43.4 Å². The number of hydrogen-bond acceptors (Lipinski definition) is 5. The van der Waals surface area contributed by atoms with Crippen LogP contribution in [0.2, 0.25) is 0 Å². The standard InChI is InChI=1S/C19H18N2O4/c1-11-7-19(23)25-17-9-13(5-6-14(11)17)24-10-18(22)21-20-16-8-12-3-2-4-15(12)16/h2-3,5-7,9,12,15H,4,8,10H2,1H3,(H,21,22)/b20-16-/t12-,15+/m0/s1. The Morgan fingerprint density at radius 1 is 1.40 bits per heavy atom. The van der Waals surface area contributed by atoms with Crippen molar-refractivity contribution in [2.45, 2.75) is 19.8 Å². The number of fused-ring (bicyclic) bond motifs is 2. The van der Waals surface area contributed by atoms with Crippen molar-refractivity contribution in [2.24, 2.45) is 16.9 Å². The van der Waals surface area contributed by atoms with Crippen molar-refractivity contribution in [2.75, 3.05) is 6.61 Å². The molecule has 128 valence electrons. The molecule has 0 bridgehead atoms. The lowest BCUT2D eigenvalue weighted by molar-refractivity contribution is -0.123. The molecule has 1 fully saturated rings. The first-order chi connectivity index (χ1) is 12.1. The van der Waals surface area contributed by atoms with Gasteiger partial charge in [0.05, 0.1) is 0 Å². The SMILES string of the molecule is Cc1cc(=O)oc2cc(OCC(=O)N/N=C3/C[C@@H]4C=CC[C@@H]34)ccc12. The number of carbonyl (C=O) groups is 1. The second-order valence-corrected chi connectivity index (χ2v) is 6.47. The van der Waals surface area contributed by atoms with E-state index in [1.54, 1.807) is 12.1 Å². The van der Waals surface area contributed by atoms with Crippen LogP contribution in [0.3, 0.4) is 0 Å². The molecule has 0 saturated heterocycles. The highest BCUT2D eigenvalue weighted by atomic mass is 16.5. The van der Waals surface area contributed by atoms with Crippen LogP contribution in [0.5, 0.6) is 5.75 Å². The number of allylic oxidation sites excluding steroid dienone is 2. The predicted molar refractivity (Wildman–Crippen MR) is 93.6 cm³/mol. The topological polar surface area (TPSA) is 80.9 Å². The van der Waals surface area contributed by atoms with Crippen LogP contribution in [0.25, 0.3) is 11.0 Å². The molecule has 0 aliphatic heterocycles. The highest BCUT2D eigenvalue weighted by Gasteiger charge is 2.37. The summed E-state index contributed by atoms with van der Waals surface area (Å²) in [5, 5.41) is 5.04. The minimum atomic E-state index is -0.407. The van der Waals surface area contributed by atoms with Crippen LogP contribution in [0.4, 0.5) is 0 Å². The Bertz CT molecular complexity index is 958. The van der Waals surface area contributed by atoms with Crippen LogP contribution in [0.15, 0.2) is 50.7 Å². The fraction of sp³-hybridized carbons (Fsp3) is 0.316. The highest BCUT2D eigenvalue weighted by Crippen LogP contribution is 2.40. The van der Waals surface area contributed by atoms with E-state index in [1.165, 1.54) is 6.07 Å². The van der Waals surface area contributed by atoms with Gasteiger partial charge in [0.15, 0.2) is 6.61 Å². The van der Waals surface area contributed by atoms with E-state index in [-0.39, 0.29) is 12.5 Å². The molecule has 2 atom stereocenters. The lowest BCUT2D eigenvalue weighted by atomic mass is 9.74. The molecule has 1 heterocycles. The number of aryl methyl sites for hydroxylation is 1. The fourth-order valence-corrected chi connectivity index (χ4v) is 3.37. The van der Waals surface area contributed by atoms with Crippen molar-refractivity contribution in [3.05, 3.63) is 52.4 Å². The van der Waals surface area contributed by atoms with Gasteiger partial charge in [-0.15, -0.1) is 0 Å². The van der Waals surface area contributed by atoms with Crippen molar-refractivity contribution >= 4 is 22.6 Å². The molecule has 25 heavy (non-hydrogen) atoms. The van der Waals surface area contributed by atoms with Gasteiger partial charge in [0.25, 0.3) is 5.91 Å². The zero-order valence-electron chi connectivity index (χ0n) is 13.8. The summed E-state index contributed by atoms with van der Waals surface area (Å²) >= 11 is 0. The Kier molecular flexibility index (Phi) is 3.87. The largest absolute Gasteiger partial charge is 0.484 e. The van der Waals surface area contributed by atoms with Gasteiger partial charge in [0.2, 0.25) is 0 Å². The average molecular weight is 338 g/mol. The second-order valence-electron chi connectivity index (χ2n) is 6.47. The van der Waals surface area contributed by atoms with Crippen molar-refractivity contribution < 1.29 is 13.9 Å². The number of ether oxygens (including phenoxy) is 1. The molecular weight excluding hydrogens is 320 g/mol. The van der Waals surface area contributed by atoms with Gasteiger partial charge in [0, 0.05) is 29.1 Å². The lowest BCUT2D eigenvalue weighted by Gasteiger charge is -2.31. The van der Waals surface area contributed by atoms with E-state index < -0.39 is 5.63 Å². The van der Waals surface area contributed by atoms with Gasteiger partial charge in [-0.1, -0.05) is 12.2 Å². The molecule has 0 radical (unpaired) electrons. The number of rotatable bonds is 4. The lowest BCUT2D eigenvalue weighted by Crippen LogP contribution is -2.36. The molecule has 2 aliphatic rings. The van der Waals surface area contributed by atoms with Gasteiger partial charge in [-0.2, -0.15) is 5.10 Å². The van der Waals surface area contributed by atoms with E-state index in [0.29, 0.717) is 23.2 Å². The molecule has 6 nitrogen and oxygen atoms in total. The van der Waals surface area contributed by atoms with E-state index in [4.69, 9.17) is 9.15 Å². The first kappa shape index (κ1) is 15.6. The predicted octanol–water partition coefficient (Wildman–Crippen LogP) is 2.55. The summed E-state index contributed by atoms with van der Waals surface area (Å²) in [6, 6.07) is 6.61. The number of amides is 1. The number of nitrogens with one attached hydrogen (secondary N) is 1. The number of hydrazone groups is 1. The Balaban J connectivity index is 1.36. The van der Waals surface area contributed by atoms with Gasteiger partial charge in [-0.3, -0.25) is 4.79 Å². The van der Waals surface area contributed by atoms with Crippen LogP contribution >= 0.6 is 0 Å². The molecular formula is C19H18N2O4. The number of benzene rings is 1. The van der Waals surface area contributed by atoms with Crippen LogP contribution in [0.1, 0.15) is 18.4 Å². The first-order valence-electron chi connectivity index (χ1n) is 8.29. The van der Waals surface area contributed by atoms with E-state index in [9.17, 15) is 9.59 Å². The Labute approximate surface area is 144 Å². The zero-order chi connectivity index (χ0) is 17.4. The van der Waals surface area contributed by atoms with Crippen LogP contribution in [-0.4, -0.2) is 18.2 Å². The van der Waals surface area contributed by atoms with Crippen molar-refractivity contribution in [1.82, 2.24) is 5.43 Å². The van der Waals surface area contributed by atoms with Gasteiger partial charge < -0.3 is 9.15 Å². The molecule has 1 amide bonds. The van der Waals surface area contributed by atoms with Crippen molar-refractivity contribution in [3.63, 3.8) is 0 Å². The van der Waals surface area contributed by atoms with E-state index in [0.717, 1.165) is 29.5 Å². The molecule has 1 saturated carbocycles. The third-order valence-corrected chi connectivity index (χ3v) is 4.78. The number of nitrogens with zero attached hydrogens (tertiary/aromatic N) is 1. The molecule has 2 aliphatic carbocycles. The maximum Gasteiger partial charge on any atom is 0.336 e. The average Bonchev–Trinajstić information content (AvgIpc) is 2.93. The summed E-state index contributed by atoms with van der Waals surface area (Å²) in [6.07, 6.45) is 6.32. The van der Waals surface area contributed by atoms with Crippen molar-refractivity contribution in [1.29, 1.82) is 0 Å². The Morgan fingerprint density at radius 2 is 2.28 bits per heavy atom. The normalized spacial score (nSPS) is 22.7. The monoisotopic (exact) mass is 338 g/mol. The molecule has 6 heteroatoms. The van der Waals surface area contributed by atoms with Crippen LogP contribution < -0.4 is 15.8 Å². The smallest absolute Gasteiger partial charge is 0.336 e. The van der Waals surface area contributed by atoms with E-state index in [1.807, 2.05) is 13.0 Å². The van der Waals surface area contributed by atoms with Gasteiger partial charge in [-0.25, -0.2) is 10.2 Å². The maximum absolute atomic E-state index is 11.9. The van der Waals surface area contributed by atoms with Crippen LogP contribution in [-0.2, 0) is 4.79 Å². The minimum Gasteiger partial charge on any atom is -0.484 e. The summed E-state index contributed by atoms with van der Waals surface area (Å²) in [6.45, 7) is 1.70. The number of hydrogen-bond donors (Lipinski definition) is 1. The maximum atomic E-state index is 11.9. The molecule has 0 spiro atoms. The van der Waals surface area contributed by atoms with Gasteiger partial charge in [0.1, 0.15) is 11.3 Å². The summed E-state index contributed by atoms with van der Waals surface area (Å²) in [5.74, 6) is 1.22.